The van der Waals surface area contributed by atoms with Crippen molar-refractivity contribution < 1.29 is 14.4 Å². The average molecular weight is 360 g/mol. The summed E-state index contributed by atoms with van der Waals surface area (Å²) in [4.78, 5) is 11.1. The third-order valence-electron chi connectivity index (χ3n) is 6.86. The minimum absolute atomic E-state index is 0.152. The van der Waals surface area contributed by atoms with Crippen molar-refractivity contribution in [2.24, 2.45) is 23.2 Å². The van der Waals surface area contributed by atoms with E-state index in [-0.39, 0.29) is 12.2 Å². The first-order chi connectivity index (χ1) is 12.5. The highest BCUT2D eigenvalue weighted by Gasteiger charge is 2.50. The number of nitrogens with one attached hydrogen (secondary N) is 2. The lowest BCUT2D eigenvalue weighted by Gasteiger charge is -2.57. The van der Waals surface area contributed by atoms with Gasteiger partial charge in [0.2, 0.25) is 5.91 Å². The molecule has 5 rings (SSSR count). The maximum Gasteiger partial charge on any atom is 0.243 e. The van der Waals surface area contributed by atoms with Crippen LogP contribution >= 0.6 is 0 Å². The number of amides is 1. The molecule has 142 valence electrons. The molecule has 1 aromatic rings. The largest absolute Gasteiger partial charge is 0.312 e. The standard InChI is InChI=1S/C21H29FN2O2/c22-19-8-14(2-4-20(25)24-26)1-3-18(19)12-23-13-21-9-15-5-16(10-21)7-17(6-15)11-21/h1,3,8,15-17,23,26H,2,4-7,9-13H2,(H,24,25). The van der Waals surface area contributed by atoms with Gasteiger partial charge in [-0.05, 0) is 79.7 Å². The number of carbonyl (C=O) groups excluding carboxylic acids is 1. The highest BCUT2D eigenvalue weighted by atomic mass is 19.1. The number of hydroxylamine groups is 1. The minimum atomic E-state index is -0.452. The quantitative estimate of drug-likeness (QED) is 0.515. The van der Waals surface area contributed by atoms with Crippen LogP contribution in [0.25, 0.3) is 0 Å². The van der Waals surface area contributed by atoms with Gasteiger partial charge in [0.1, 0.15) is 5.82 Å². The molecule has 4 bridgehead atoms. The van der Waals surface area contributed by atoms with E-state index < -0.39 is 5.91 Å². The number of hydrogen-bond acceptors (Lipinski definition) is 3. The lowest BCUT2D eigenvalue weighted by atomic mass is 9.49. The Kier molecular flexibility index (Phi) is 5.02. The molecule has 4 fully saturated rings. The molecule has 4 nitrogen and oxygen atoms in total. The predicted octanol–water partition coefficient (Wildman–Crippen LogP) is 3.57. The summed E-state index contributed by atoms with van der Waals surface area (Å²) in [5.74, 6) is 2.15. The van der Waals surface area contributed by atoms with Crippen LogP contribution in [0.2, 0.25) is 0 Å². The zero-order valence-corrected chi connectivity index (χ0v) is 15.3. The molecular weight excluding hydrogens is 331 g/mol. The van der Waals surface area contributed by atoms with Gasteiger partial charge in [-0.25, -0.2) is 9.87 Å². The van der Waals surface area contributed by atoms with Gasteiger partial charge in [-0.2, -0.15) is 0 Å². The Labute approximate surface area is 154 Å². The van der Waals surface area contributed by atoms with Crippen LogP contribution in [0.5, 0.6) is 0 Å². The molecule has 0 heterocycles. The Morgan fingerprint density at radius 3 is 2.38 bits per heavy atom. The van der Waals surface area contributed by atoms with Gasteiger partial charge in [0.05, 0.1) is 0 Å². The summed E-state index contributed by atoms with van der Waals surface area (Å²) in [5, 5.41) is 12.1. The monoisotopic (exact) mass is 360 g/mol. The fourth-order valence-electron chi connectivity index (χ4n) is 6.17. The van der Waals surface area contributed by atoms with Crippen molar-refractivity contribution >= 4 is 5.91 Å². The first-order valence-corrected chi connectivity index (χ1v) is 9.96. The number of rotatable bonds is 7. The van der Waals surface area contributed by atoms with Gasteiger partial charge in [-0.15, -0.1) is 0 Å². The number of benzene rings is 1. The Bertz CT molecular complexity index is 641. The van der Waals surface area contributed by atoms with E-state index >= 15 is 0 Å². The molecule has 0 spiro atoms. The lowest BCUT2D eigenvalue weighted by molar-refractivity contribution is -0.129. The molecule has 1 amide bonds. The van der Waals surface area contributed by atoms with Gasteiger partial charge in [0.15, 0.2) is 0 Å². The normalized spacial score (nSPS) is 32.0. The van der Waals surface area contributed by atoms with E-state index in [1.54, 1.807) is 5.48 Å². The summed E-state index contributed by atoms with van der Waals surface area (Å²) in [5.41, 5.74) is 3.52. The zero-order valence-electron chi connectivity index (χ0n) is 15.3. The molecule has 0 aliphatic heterocycles. The summed E-state index contributed by atoms with van der Waals surface area (Å²) in [6.45, 7) is 1.57. The predicted molar refractivity (Wildman–Crippen MR) is 97.0 cm³/mol. The number of carbonyl (C=O) groups is 1. The Hall–Kier alpha value is -1.46. The van der Waals surface area contributed by atoms with Crippen LogP contribution in [0.15, 0.2) is 18.2 Å². The van der Waals surface area contributed by atoms with Crippen molar-refractivity contribution in [1.82, 2.24) is 10.8 Å². The Balaban J connectivity index is 1.30. The molecule has 0 unspecified atom stereocenters. The lowest BCUT2D eigenvalue weighted by Crippen LogP contribution is -2.50. The topological polar surface area (TPSA) is 61.4 Å². The third-order valence-corrected chi connectivity index (χ3v) is 6.86. The van der Waals surface area contributed by atoms with Crippen molar-refractivity contribution in [3.63, 3.8) is 0 Å². The number of halogens is 1. The highest BCUT2D eigenvalue weighted by molar-refractivity contribution is 5.74. The van der Waals surface area contributed by atoms with Crippen LogP contribution in [-0.2, 0) is 17.8 Å². The molecule has 0 saturated heterocycles. The fourth-order valence-corrected chi connectivity index (χ4v) is 6.17. The molecule has 4 aliphatic rings. The summed E-state index contributed by atoms with van der Waals surface area (Å²) in [7, 11) is 0. The summed E-state index contributed by atoms with van der Waals surface area (Å²) in [6.07, 6.45) is 9.00. The summed E-state index contributed by atoms with van der Waals surface area (Å²) >= 11 is 0. The average Bonchev–Trinajstić information content (AvgIpc) is 2.60. The summed E-state index contributed by atoms with van der Waals surface area (Å²) in [6, 6.07) is 5.19. The van der Waals surface area contributed by atoms with Crippen LogP contribution in [0.4, 0.5) is 4.39 Å². The first-order valence-electron chi connectivity index (χ1n) is 9.96. The second-order valence-electron chi connectivity index (χ2n) is 8.98. The van der Waals surface area contributed by atoms with Crippen LogP contribution in [0.3, 0.4) is 0 Å². The van der Waals surface area contributed by atoms with Gasteiger partial charge < -0.3 is 5.32 Å². The fraction of sp³-hybridized carbons (Fsp3) is 0.667. The molecule has 3 N–H and O–H groups in total. The molecule has 26 heavy (non-hydrogen) atoms. The van der Waals surface area contributed by atoms with Crippen molar-refractivity contribution in [3.8, 4) is 0 Å². The molecule has 1 aromatic carbocycles. The van der Waals surface area contributed by atoms with E-state index in [2.05, 4.69) is 5.32 Å². The summed E-state index contributed by atoms with van der Waals surface area (Å²) < 4.78 is 14.4. The van der Waals surface area contributed by atoms with Crippen molar-refractivity contribution in [3.05, 3.63) is 35.1 Å². The van der Waals surface area contributed by atoms with E-state index in [1.165, 1.54) is 44.6 Å². The Morgan fingerprint density at radius 2 is 1.81 bits per heavy atom. The maximum atomic E-state index is 14.4. The molecular formula is C21H29FN2O2. The molecule has 0 aromatic heterocycles. The van der Waals surface area contributed by atoms with Gasteiger partial charge >= 0.3 is 0 Å². The van der Waals surface area contributed by atoms with Crippen LogP contribution in [0.1, 0.15) is 56.1 Å². The third kappa shape index (κ3) is 3.79. The van der Waals surface area contributed by atoms with Crippen LogP contribution in [-0.4, -0.2) is 17.7 Å². The molecule has 5 heteroatoms. The Morgan fingerprint density at radius 1 is 1.15 bits per heavy atom. The van der Waals surface area contributed by atoms with E-state index in [4.69, 9.17) is 5.21 Å². The molecule has 0 atom stereocenters. The highest BCUT2D eigenvalue weighted by Crippen LogP contribution is 2.59. The van der Waals surface area contributed by atoms with Gasteiger partial charge in [-0.3, -0.25) is 10.0 Å². The first kappa shape index (κ1) is 17.9. The van der Waals surface area contributed by atoms with Crippen LogP contribution < -0.4 is 10.8 Å². The van der Waals surface area contributed by atoms with Crippen LogP contribution in [0, 0.1) is 29.0 Å². The molecule has 4 saturated carbocycles. The number of aryl methyl sites for hydroxylation is 1. The second-order valence-corrected chi connectivity index (χ2v) is 8.98. The molecule has 4 aliphatic carbocycles. The zero-order chi connectivity index (χ0) is 18.1. The van der Waals surface area contributed by atoms with Gasteiger partial charge in [0, 0.05) is 25.1 Å². The van der Waals surface area contributed by atoms with Crippen molar-refractivity contribution in [2.45, 2.75) is 57.9 Å². The van der Waals surface area contributed by atoms with Crippen molar-refractivity contribution in [2.75, 3.05) is 6.54 Å². The maximum absolute atomic E-state index is 14.4. The minimum Gasteiger partial charge on any atom is -0.312 e. The van der Waals surface area contributed by atoms with Crippen molar-refractivity contribution in [1.29, 1.82) is 0 Å². The number of hydrogen-bond donors (Lipinski definition) is 3. The van der Waals surface area contributed by atoms with Gasteiger partial charge in [-0.1, -0.05) is 12.1 Å². The van der Waals surface area contributed by atoms with E-state index in [0.29, 0.717) is 23.9 Å². The van der Waals surface area contributed by atoms with E-state index in [0.717, 1.165) is 29.9 Å². The van der Waals surface area contributed by atoms with E-state index in [9.17, 15) is 9.18 Å². The second kappa shape index (κ2) is 7.28. The smallest absolute Gasteiger partial charge is 0.243 e. The van der Waals surface area contributed by atoms with Gasteiger partial charge in [0.25, 0.3) is 0 Å². The SMILES string of the molecule is O=C(CCc1ccc(CNCC23CC4CC(CC(C4)C2)C3)c(F)c1)NO. The van der Waals surface area contributed by atoms with E-state index in [1.807, 2.05) is 12.1 Å². The molecule has 0 radical (unpaired) electrons.